The highest BCUT2D eigenvalue weighted by Crippen LogP contribution is 2.30. The van der Waals surface area contributed by atoms with Gasteiger partial charge in [-0.2, -0.15) is 5.26 Å². The van der Waals surface area contributed by atoms with Crippen LogP contribution in [0.25, 0.3) is 16.8 Å². The Bertz CT molecular complexity index is 1210. The molecule has 2 heterocycles. The lowest BCUT2D eigenvalue weighted by atomic mass is 9.97. The van der Waals surface area contributed by atoms with E-state index in [4.69, 9.17) is 11.6 Å². The van der Waals surface area contributed by atoms with Gasteiger partial charge in [0.2, 0.25) is 0 Å². The van der Waals surface area contributed by atoms with E-state index in [-0.39, 0.29) is 28.9 Å². The van der Waals surface area contributed by atoms with Crippen molar-refractivity contribution < 1.29 is 13.6 Å². The summed E-state index contributed by atoms with van der Waals surface area (Å²) in [5, 5.41) is 12.3. The summed E-state index contributed by atoms with van der Waals surface area (Å²) < 4.78 is 27.2. The zero-order valence-electron chi connectivity index (χ0n) is 18.1. The molecule has 0 bridgehead atoms. The second kappa shape index (κ2) is 9.58. The normalized spacial score (nSPS) is 16.1. The molecule has 1 amide bonds. The molecule has 1 aliphatic rings. The van der Waals surface area contributed by atoms with Crippen molar-refractivity contribution in [2.75, 3.05) is 5.32 Å². The highest BCUT2D eigenvalue weighted by Gasteiger charge is 2.36. The molecule has 0 spiro atoms. The number of hydrogen-bond acceptors (Lipinski definition) is 7. The number of aryl methyl sites for hydroxylation is 1. The summed E-state index contributed by atoms with van der Waals surface area (Å²) >= 11 is 0. The number of alkyl halides is 2. The number of rotatable bonds is 6. The number of nitrogens with two attached hydrogens (primary N) is 2. The smallest absolute Gasteiger partial charge is 0.267 e. The number of allylic oxidation sites excluding steroid dienone is 1. The van der Waals surface area contributed by atoms with Crippen molar-refractivity contribution in [2.45, 2.75) is 32.2 Å². The van der Waals surface area contributed by atoms with E-state index in [1.54, 1.807) is 30.5 Å². The third-order valence-electron chi connectivity index (χ3n) is 5.16. The van der Waals surface area contributed by atoms with Gasteiger partial charge in [-0.05, 0) is 42.3 Å². The summed E-state index contributed by atoms with van der Waals surface area (Å²) in [6.45, 7) is 2.66. The molecule has 1 atom stereocenters. The lowest BCUT2D eigenvalue weighted by Crippen LogP contribution is -2.32. The van der Waals surface area contributed by atoms with Gasteiger partial charge in [-0.25, -0.2) is 8.78 Å². The van der Waals surface area contributed by atoms with Crippen molar-refractivity contribution in [1.82, 2.24) is 10.4 Å². The van der Waals surface area contributed by atoms with Crippen LogP contribution in [0.2, 0.25) is 0 Å². The lowest BCUT2D eigenvalue weighted by molar-refractivity contribution is -0.113. The maximum atomic E-state index is 13.6. The molecule has 0 radical (unpaired) electrons. The van der Waals surface area contributed by atoms with Crippen LogP contribution in [0.5, 0.6) is 0 Å². The van der Waals surface area contributed by atoms with Crippen LogP contribution in [0.15, 0.2) is 53.3 Å². The Balaban J connectivity index is 1.87. The molecule has 1 unspecified atom stereocenters. The van der Waals surface area contributed by atoms with E-state index >= 15 is 0 Å². The number of carbonyl (C=O) groups excluding carboxylic acids is 1. The van der Waals surface area contributed by atoms with Crippen LogP contribution in [0.4, 0.5) is 14.5 Å². The van der Waals surface area contributed by atoms with E-state index in [9.17, 15) is 18.8 Å². The lowest BCUT2D eigenvalue weighted by Gasteiger charge is -2.23. The van der Waals surface area contributed by atoms with Gasteiger partial charge < -0.3 is 16.5 Å². The Kier molecular flexibility index (Phi) is 6.84. The standard InChI is InChI=1S/C23H23F2N7O/c1-13-3-4-17(32-22(33)14-5-6-29-20(8-14)23(2,24)25)9-18(13)16-7-15(10-26)21(30-11-16)19(27)12-31-28/h3-7,9,11-12,20,31H,8,27-28H2,1-2H3,(H,32,33)/b19-12-. The van der Waals surface area contributed by atoms with Crippen molar-refractivity contribution in [3.05, 3.63) is 65.1 Å². The zero-order valence-corrected chi connectivity index (χ0v) is 18.1. The quantitative estimate of drug-likeness (QED) is 0.393. The van der Waals surface area contributed by atoms with E-state index in [0.29, 0.717) is 11.3 Å². The molecule has 1 aliphatic heterocycles. The number of dihydropyridines is 1. The van der Waals surface area contributed by atoms with Gasteiger partial charge >= 0.3 is 0 Å². The van der Waals surface area contributed by atoms with Gasteiger partial charge in [-0.15, -0.1) is 0 Å². The third kappa shape index (κ3) is 5.39. The molecule has 3 rings (SSSR count). The highest BCUT2D eigenvalue weighted by molar-refractivity contribution is 6.06. The molecule has 0 fully saturated rings. The van der Waals surface area contributed by atoms with Crippen LogP contribution in [0.1, 0.15) is 30.2 Å². The van der Waals surface area contributed by atoms with E-state index in [1.807, 2.05) is 6.92 Å². The number of nitrogens with zero attached hydrogens (tertiary/aromatic N) is 3. The number of amides is 1. The highest BCUT2D eigenvalue weighted by atomic mass is 19.3. The third-order valence-corrected chi connectivity index (χ3v) is 5.16. The molecule has 2 aromatic rings. The number of aromatic nitrogens is 1. The molecule has 8 nitrogen and oxygen atoms in total. The minimum atomic E-state index is -3.02. The molecule has 0 saturated heterocycles. The number of benzene rings is 1. The van der Waals surface area contributed by atoms with Gasteiger partial charge in [0.05, 0.1) is 11.3 Å². The number of halogens is 2. The Hall–Kier alpha value is -4.10. The molecule has 6 N–H and O–H groups in total. The van der Waals surface area contributed by atoms with Gasteiger partial charge in [0.15, 0.2) is 0 Å². The van der Waals surface area contributed by atoms with E-state index < -0.39 is 17.9 Å². The Morgan fingerprint density at radius 2 is 2.12 bits per heavy atom. The van der Waals surface area contributed by atoms with Crippen LogP contribution in [0.3, 0.4) is 0 Å². The second-order valence-corrected chi connectivity index (χ2v) is 7.65. The van der Waals surface area contributed by atoms with Crippen molar-refractivity contribution >= 4 is 23.5 Å². The Labute approximate surface area is 189 Å². The fraction of sp³-hybridized carbons (Fsp3) is 0.217. The monoisotopic (exact) mass is 451 g/mol. The number of anilines is 1. The first-order valence-electron chi connectivity index (χ1n) is 9.99. The second-order valence-electron chi connectivity index (χ2n) is 7.65. The van der Waals surface area contributed by atoms with Crippen LogP contribution < -0.4 is 22.3 Å². The predicted molar refractivity (Wildman–Crippen MR) is 123 cm³/mol. The first-order chi connectivity index (χ1) is 15.6. The molecular weight excluding hydrogens is 428 g/mol. The molecule has 33 heavy (non-hydrogen) atoms. The van der Waals surface area contributed by atoms with Crippen LogP contribution in [0, 0.1) is 18.3 Å². The maximum absolute atomic E-state index is 13.6. The maximum Gasteiger partial charge on any atom is 0.267 e. The summed E-state index contributed by atoms with van der Waals surface area (Å²) in [5.41, 5.74) is 11.9. The summed E-state index contributed by atoms with van der Waals surface area (Å²) in [7, 11) is 0. The Morgan fingerprint density at radius 3 is 2.79 bits per heavy atom. The van der Waals surface area contributed by atoms with Gasteiger partial charge in [0, 0.05) is 48.8 Å². The summed E-state index contributed by atoms with van der Waals surface area (Å²) in [5.74, 6) is 1.73. The molecule has 0 aliphatic carbocycles. The molecule has 10 heteroatoms. The van der Waals surface area contributed by atoms with Gasteiger partial charge in [0.1, 0.15) is 17.8 Å². The zero-order chi connectivity index (χ0) is 24.2. The largest absolute Gasteiger partial charge is 0.396 e. The summed E-state index contributed by atoms with van der Waals surface area (Å²) in [6.07, 6.45) is 5.40. The fourth-order valence-corrected chi connectivity index (χ4v) is 3.35. The molecular formula is C23H23F2N7O. The minimum absolute atomic E-state index is 0.159. The van der Waals surface area contributed by atoms with E-state index in [2.05, 4.69) is 26.8 Å². The van der Waals surface area contributed by atoms with Crippen LogP contribution >= 0.6 is 0 Å². The number of hydrogen-bond donors (Lipinski definition) is 4. The van der Waals surface area contributed by atoms with Crippen LogP contribution in [-0.2, 0) is 4.79 Å². The summed E-state index contributed by atoms with van der Waals surface area (Å²) in [4.78, 5) is 20.7. The predicted octanol–water partition coefficient (Wildman–Crippen LogP) is 3.01. The van der Waals surface area contributed by atoms with Crippen molar-refractivity contribution in [3.8, 4) is 17.2 Å². The molecule has 0 saturated carbocycles. The fourth-order valence-electron chi connectivity index (χ4n) is 3.35. The first-order valence-corrected chi connectivity index (χ1v) is 9.99. The average Bonchev–Trinajstić information content (AvgIpc) is 2.79. The minimum Gasteiger partial charge on any atom is -0.396 e. The SMILES string of the molecule is Cc1ccc(NC(=O)C2=CC=NC(C(C)(F)F)C2)cc1-c1cnc(/C(N)=C/NN)c(C#N)c1. The molecule has 1 aromatic carbocycles. The summed E-state index contributed by atoms with van der Waals surface area (Å²) in [6, 6.07) is 7.68. The topological polar surface area (TPSA) is 142 Å². The number of nitriles is 1. The number of aliphatic imine (C=N–C) groups is 1. The Morgan fingerprint density at radius 1 is 1.36 bits per heavy atom. The van der Waals surface area contributed by atoms with Gasteiger partial charge in [-0.3, -0.25) is 20.6 Å². The average molecular weight is 451 g/mol. The number of carbonyl (C=O) groups is 1. The van der Waals surface area contributed by atoms with E-state index in [0.717, 1.165) is 18.1 Å². The van der Waals surface area contributed by atoms with Crippen molar-refractivity contribution in [1.29, 1.82) is 5.26 Å². The van der Waals surface area contributed by atoms with Crippen LogP contribution in [-0.4, -0.2) is 29.1 Å². The number of nitrogens with one attached hydrogen (secondary N) is 2. The number of hydrazine groups is 1. The molecule has 170 valence electrons. The van der Waals surface area contributed by atoms with Crippen molar-refractivity contribution in [2.24, 2.45) is 16.6 Å². The van der Waals surface area contributed by atoms with Gasteiger partial charge in [0.25, 0.3) is 11.8 Å². The van der Waals surface area contributed by atoms with E-state index in [1.165, 1.54) is 18.5 Å². The van der Waals surface area contributed by atoms with Gasteiger partial charge in [-0.1, -0.05) is 6.07 Å². The number of pyridine rings is 1. The molecule has 1 aromatic heterocycles. The first kappa shape index (κ1) is 23.6. The van der Waals surface area contributed by atoms with Crippen molar-refractivity contribution in [3.63, 3.8) is 0 Å².